The molecule has 2 rings (SSSR count). The van der Waals surface area contributed by atoms with Crippen LogP contribution in [0.15, 0.2) is 42.5 Å². The molecule has 0 spiro atoms. The first-order valence-corrected chi connectivity index (χ1v) is 6.94. The number of benzene rings is 2. The molecule has 0 atom stereocenters. The third-order valence-electron chi connectivity index (χ3n) is 3.06. The molecule has 0 bridgehead atoms. The Morgan fingerprint density at radius 1 is 1.30 bits per heavy atom. The summed E-state index contributed by atoms with van der Waals surface area (Å²) < 4.78 is 13.0. The monoisotopic (exact) mass is 334 g/mol. The molecule has 0 fully saturated rings. The Bertz CT molecular complexity index is 806. The number of carbonyl (C=O) groups is 1. The maximum absolute atomic E-state index is 13.0. The van der Waals surface area contributed by atoms with Crippen LogP contribution in [0.2, 0.25) is 5.02 Å². The van der Waals surface area contributed by atoms with E-state index in [0.717, 1.165) is 0 Å². The Morgan fingerprint density at radius 2 is 2.04 bits per heavy atom. The van der Waals surface area contributed by atoms with Crippen molar-refractivity contribution in [1.29, 1.82) is 0 Å². The van der Waals surface area contributed by atoms with Crippen molar-refractivity contribution in [1.82, 2.24) is 0 Å². The molecular formula is C16H12ClFN2O3. The van der Waals surface area contributed by atoms with E-state index < -0.39 is 16.6 Å². The van der Waals surface area contributed by atoms with Crippen molar-refractivity contribution in [3.05, 3.63) is 74.6 Å². The fourth-order valence-corrected chi connectivity index (χ4v) is 2.01. The molecule has 0 aliphatic rings. The molecule has 0 saturated carbocycles. The third-order valence-corrected chi connectivity index (χ3v) is 3.35. The molecule has 1 N–H and O–H groups in total. The second-order valence-electron chi connectivity index (χ2n) is 4.75. The van der Waals surface area contributed by atoms with Gasteiger partial charge in [-0.05, 0) is 36.3 Å². The minimum atomic E-state index is -0.541. The molecule has 2 aromatic rings. The van der Waals surface area contributed by atoms with Gasteiger partial charge >= 0.3 is 0 Å². The maximum Gasteiger partial charge on any atom is 0.271 e. The van der Waals surface area contributed by atoms with Crippen LogP contribution in [0.25, 0.3) is 6.08 Å². The van der Waals surface area contributed by atoms with Crippen LogP contribution in [0, 0.1) is 22.9 Å². The molecule has 0 aromatic heterocycles. The molecule has 2 aromatic carbocycles. The Morgan fingerprint density at radius 3 is 2.70 bits per heavy atom. The van der Waals surface area contributed by atoms with E-state index in [2.05, 4.69) is 5.32 Å². The number of aryl methyl sites for hydroxylation is 1. The Labute approximate surface area is 136 Å². The molecule has 0 unspecified atom stereocenters. The van der Waals surface area contributed by atoms with E-state index >= 15 is 0 Å². The highest BCUT2D eigenvalue weighted by Gasteiger charge is 2.10. The predicted molar refractivity (Wildman–Crippen MR) is 86.9 cm³/mol. The molecule has 0 radical (unpaired) electrons. The van der Waals surface area contributed by atoms with Crippen molar-refractivity contribution < 1.29 is 14.1 Å². The molecule has 5 nitrogen and oxygen atoms in total. The Kier molecular flexibility index (Phi) is 5.08. The summed E-state index contributed by atoms with van der Waals surface area (Å²) >= 11 is 5.65. The molecule has 0 heterocycles. The van der Waals surface area contributed by atoms with Crippen molar-refractivity contribution in [2.24, 2.45) is 0 Å². The van der Waals surface area contributed by atoms with Crippen molar-refractivity contribution in [3.63, 3.8) is 0 Å². The van der Waals surface area contributed by atoms with Crippen LogP contribution in [0.1, 0.15) is 11.1 Å². The summed E-state index contributed by atoms with van der Waals surface area (Å²) in [6.07, 6.45) is 2.70. The molecule has 23 heavy (non-hydrogen) atoms. The number of hydrogen-bond acceptors (Lipinski definition) is 3. The number of non-ortho nitro benzene ring substituents is 1. The molecule has 7 heteroatoms. The van der Waals surface area contributed by atoms with Crippen molar-refractivity contribution in [2.45, 2.75) is 6.92 Å². The molecule has 0 saturated heterocycles. The molecule has 0 aliphatic heterocycles. The standard InChI is InChI=1S/C16H12ClFN2O3/c1-10-2-5-12(20(22)23)9-15(10)19-16(21)7-4-11-3-6-14(18)13(17)8-11/h2-9H,1H3,(H,19,21)/b7-4+. The Hall–Kier alpha value is -2.73. The first-order chi connectivity index (χ1) is 10.9. The van der Waals surface area contributed by atoms with Gasteiger partial charge in [0, 0.05) is 18.2 Å². The second-order valence-corrected chi connectivity index (χ2v) is 5.16. The molecular weight excluding hydrogens is 323 g/mol. The van der Waals surface area contributed by atoms with E-state index in [1.54, 1.807) is 13.0 Å². The number of nitro benzene ring substituents is 1. The quantitative estimate of drug-likeness (QED) is 0.513. The fourth-order valence-electron chi connectivity index (χ4n) is 1.82. The van der Waals surface area contributed by atoms with E-state index in [4.69, 9.17) is 11.6 Å². The van der Waals surface area contributed by atoms with E-state index in [9.17, 15) is 19.3 Å². The van der Waals surface area contributed by atoms with Gasteiger partial charge in [0.25, 0.3) is 5.69 Å². The molecule has 1 amide bonds. The van der Waals surface area contributed by atoms with E-state index in [1.165, 1.54) is 42.5 Å². The summed E-state index contributed by atoms with van der Waals surface area (Å²) in [6, 6.07) is 8.27. The highest BCUT2D eigenvalue weighted by Crippen LogP contribution is 2.22. The van der Waals surface area contributed by atoms with Gasteiger partial charge in [0.15, 0.2) is 0 Å². The topological polar surface area (TPSA) is 72.2 Å². The number of nitrogens with one attached hydrogen (secondary N) is 1. The van der Waals surface area contributed by atoms with Gasteiger partial charge in [0.2, 0.25) is 5.91 Å². The highest BCUT2D eigenvalue weighted by molar-refractivity contribution is 6.30. The van der Waals surface area contributed by atoms with Crippen LogP contribution >= 0.6 is 11.6 Å². The number of nitro groups is 1. The number of amides is 1. The number of nitrogens with zero attached hydrogens (tertiary/aromatic N) is 1. The van der Waals surface area contributed by atoms with Crippen LogP contribution in [0.5, 0.6) is 0 Å². The lowest BCUT2D eigenvalue weighted by Gasteiger charge is -2.06. The average Bonchev–Trinajstić information content (AvgIpc) is 2.50. The smallest absolute Gasteiger partial charge is 0.271 e. The van der Waals surface area contributed by atoms with Gasteiger partial charge in [-0.1, -0.05) is 23.7 Å². The molecule has 118 valence electrons. The zero-order chi connectivity index (χ0) is 17.0. The van der Waals surface area contributed by atoms with Gasteiger partial charge in [-0.3, -0.25) is 14.9 Å². The number of rotatable bonds is 4. The van der Waals surface area contributed by atoms with Crippen molar-refractivity contribution in [2.75, 3.05) is 5.32 Å². The van der Waals surface area contributed by atoms with Crippen LogP contribution in [0.4, 0.5) is 15.8 Å². The number of hydrogen-bond donors (Lipinski definition) is 1. The van der Waals surface area contributed by atoms with Gasteiger partial charge in [0.05, 0.1) is 15.6 Å². The van der Waals surface area contributed by atoms with Crippen LogP contribution in [-0.4, -0.2) is 10.8 Å². The number of halogens is 2. The average molecular weight is 335 g/mol. The summed E-state index contributed by atoms with van der Waals surface area (Å²) in [4.78, 5) is 22.1. The lowest BCUT2D eigenvalue weighted by Crippen LogP contribution is -2.09. The van der Waals surface area contributed by atoms with Gasteiger partial charge in [-0.2, -0.15) is 0 Å². The van der Waals surface area contributed by atoms with E-state index in [-0.39, 0.29) is 10.7 Å². The largest absolute Gasteiger partial charge is 0.322 e. The maximum atomic E-state index is 13.0. The second kappa shape index (κ2) is 7.02. The SMILES string of the molecule is Cc1ccc([N+](=O)[O-])cc1NC(=O)/C=C/c1ccc(F)c(Cl)c1. The zero-order valence-corrected chi connectivity index (χ0v) is 12.8. The van der Waals surface area contributed by atoms with Crippen LogP contribution in [-0.2, 0) is 4.79 Å². The summed E-state index contributed by atoms with van der Waals surface area (Å²) in [5, 5.41) is 13.3. The van der Waals surface area contributed by atoms with Crippen LogP contribution in [0.3, 0.4) is 0 Å². The van der Waals surface area contributed by atoms with Gasteiger partial charge in [-0.25, -0.2) is 4.39 Å². The van der Waals surface area contributed by atoms with Crippen molar-refractivity contribution in [3.8, 4) is 0 Å². The predicted octanol–water partition coefficient (Wildman–Crippen LogP) is 4.35. The van der Waals surface area contributed by atoms with Gasteiger partial charge in [0.1, 0.15) is 5.82 Å². The summed E-state index contributed by atoms with van der Waals surface area (Å²) in [6.45, 7) is 1.72. The minimum absolute atomic E-state index is 0.0397. The zero-order valence-electron chi connectivity index (χ0n) is 12.0. The number of anilines is 1. The van der Waals surface area contributed by atoms with E-state index in [0.29, 0.717) is 16.8 Å². The summed E-state index contributed by atoms with van der Waals surface area (Å²) in [5.41, 5.74) is 1.50. The lowest BCUT2D eigenvalue weighted by molar-refractivity contribution is -0.384. The highest BCUT2D eigenvalue weighted by atomic mass is 35.5. The summed E-state index contributed by atoms with van der Waals surface area (Å²) in [5.74, 6) is -1.01. The minimum Gasteiger partial charge on any atom is -0.322 e. The third kappa shape index (κ3) is 4.37. The fraction of sp³-hybridized carbons (Fsp3) is 0.0625. The van der Waals surface area contributed by atoms with Crippen molar-refractivity contribution >= 4 is 35.0 Å². The Balaban J connectivity index is 2.13. The number of carbonyl (C=O) groups excluding carboxylic acids is 1. The van der Waals surface area contributed by atoms with Gasteiger partial charge in [-0.15, -0.1) is 0 Å². The van der Waals surface area contributed by atoms with Crippen LogP contribution < -0.4 is 5.32 Å². The summed E-state index contributed by atoms with van der Waals surface area (Å²) in [7, 11) is 0. The normalized spacial score (nSPS) is 10.7. The van der Waals surface area contributed by atoms with E-state index in [1.807, 2.05) is 0 Å². The van der Waals surface area contributed by atoms with Gasteiger partial charge < -0.3 is 5.32 Å². The molecule has 0 aliphatic carbocycles. The lowest BCUT2D eigenvalue weighted by atomic mass is 10.1. The first kappa shape index (κ1) is 16.6. The first-order valence-electron chi connectivity index (χ1n) is 6.56.